The van der Waals surface area contributed by atoms with Crippen LogP contribution < -0.4 is 5.32 Å². The summed E-state index contributed by atoms with van der Waals surface area (Å²) in [5, 5.41) is 12.9. The minimum Gasteiger partial charge on any atom is -0.393 e. The van der Waals surface area contributed by atoms with Crippen LogP contribution in [0.3, 0.4) is 0 Å². The Labute approximate surface area is 86.5 Å². The fraction of sp³-hybridized carbons (Fsp3) is 1.00. The molecule has 2 N–H and O–H groups in total. The zero-order valence-electron chi connectivity index (χ0n) is 8.91. The van der Waals surface area contributed by atoms with Crippen molar-refractivity contribution in [3.8, 4) is 0 Å². The predicted octanol–water partition coefficient (Wildman–Crippen LogP) is 0.585. The van der Waals surface area contributed by atoms with Crippen LogP contribution in [0.5, 0.6) is 0 Å². The zero-order valence-corrected chi connectivity index (χ0v) is 8.91. The Hall–Kier alpha value is -0.120. The van der Waals surface area contributed by atoms with Crippen molar-refractivity contribution in [1.29, 1.82) is 0 Å². The van der Waals surface area contributed by atoms with E-state index in [4.69, 9.17) is 0 Å². The molecule has 0 aromatic heterocycles. The fourth-order valence-electron chi connectivity index (χ4n) is 2.48. The van der Waals surface area contributed by atoms with E-state index in [1.807, 2.05) is 0 Å². The molecular weight excluding hydrogens is 176 g/mol. The van der Waals surface area contributed by atoms with Crippen molar-refractivity contribution in [3.05, 3.63) is 0 Å². The second-order valence-corrected chi connectivity index (χ2v) is 4.65. The quantitative estimate of drug-likeness (QED) is 0.696. The topological polar surface area (TPSA) is 35.5 Å². The lowest BCUT2D eigenvalue weighted by molar-refractivity contribution is 0.0809. The molecule has 82 valence electrons. The summed E-state index contributed by atoms with van der Waals surface area (Å²) in [5.41, 5.74) is 0. The van der Waals surface area contributed by atoms with Gasteiger partial charge in [0.15, 0.2) is 0 Å². The maximum Gasteiger partial charge on any atom is 0.0564 e. The summed E-state index contributed by atoms with van der Waals surface area (Å²) >= 11 is 0. The molecule has 3 heteroatoms. The molecule has 0 saturated carbocycles. The Morgan fingerprint density at radius 3 is 2.64 bits per heavy atom. The summed E-state index contributed by atoms with van der Waals surface area (Å²) in [6.07, 6.45) is 5.91. The van der Waals surface area contributed by atoms with Crippen molar-refractivity contribution in [2.45, 2.75) is 44.2 Å². The first-order valence-electron chi connectivity index (χ1n) is 5.98. The van der Waals surface area contributed by atoms with Gasteiger partial charge in [0.1, 0.15) is 0 Å². The van der Waals surface area contributed by atoms with Gasteiger partial charge in [-0.05, 0) is 45.2 Å². The predicted molar refractivity (Wildman–Crippen MR) is 57.3 cm³/mol. The van der Waals surface area contributed by atoms with E-state index in [-0.39, 0.29) is 6.10 Å². The number of nitrogens with one attached hydrogen (secondary N) is 1. The molecule has 2 saturated heterocycles. The van der Waals surface area contributed by atoms with Gasteiger partial charge in [0, 0.05) is 19.1 Å². The van der Waals surface area contributed by atoms with Crippen molar-refractivity contribution < 1.29 is 5.11 Å². The maximum atomic E-state index is 9.37. The molecule has 0 aromatic carbocycles. The van der Waals surface area contributed by atoms with Gasteiger partial charge in [-0.15, -0.1) is 0 Å². The molecule has 2 rings (SSSR count). The summed E-state index contributed by atoms with van der Waals surface area (Å²) in [6, 6.07) is 0.766. The molecule has 0 spiro atoms. The number of piperidine rings is 1. The van der Waals surface area contributed by atoms with Crippen LogP contribution in [-0.2, 0) is 0 Å². The average molecular weight is 198 g/mol. The molecule has 0 radical (unpaired) electrons. The maximum absolute atomic E-state index is 9.37. The molecule has 14 heavy (non-hydrogen) atoms. The minimum atomic E-state index is -0.0316. The number of aliphatic hydroxyl groups is 1. The van der Waals surface area contributed by atoms with Gasteiger partial charge < -0.3 is 15.3 Å². The second kappa shape index (κ2) is 5.10. The zero-order chi connectivity index (χ0) is 9.80. The first-order chi connectivity index (χ1) is 6.84. The standard InChI is InChI=1S/C11H22N2O/c14-11-4-8-13(9-5-11)7-3-10-2-1-6-12-10/h10-12,14H,1-9H2. The summed E-state index contributed by atoms with van der Waals surface area (Å²) in [4.78, 5) is 2.49. The Balaban J connectivity index is 1.60. The molecule has 3 nitrogen and oxygen atoms in total. The summed E-state index contributed by atoms with van der Waals surface area (Å²) < 4.78 is 0. The minimum absolute atomic E-state index is 0.0316. The number of nitrogens with zero attached hydrogens (tertiary/aromatic N) is 1. The van der Waals surface area contributed by atoms with Gasteiger partial charge in [-0.3, -0.25) is 0 Å². The third-order valence-corrected chi connectivity index (χ3v) is 3.51. The highest BCUT2D eigenvalue weighted by atomic mass is 16.3. The SMILES string of the molecule is OC1CCN(CCC2CCCN2)CC1. The monoisotopic (exact) mass is 198 g/mol. The van der Waals surface area contributed by atoms with E-state index in [1.165, 1.54) is 32.4 Å². The molecule has 2 fully saturated rings. The van der Waals surface area contributed by atoms with Gasteiger partial charge in [-0.25, -0.2) is 0 Å². The Bertz CT molecular complexity index is 161. The Morgan fingerprint density at radius 2 is 2.00 bits per heavy atom. The largest absolute Gasteiger partial charge is 0.393 e. The molecule has 0 amide bonds. The first-order valence-corrected chi connectivity index (χ1v) is 5.98. The van der Waals surface area contributed by atoms with Crippen molar-refractivity contribution in [1.82, 2.24) is 10.2 Å². The van der Waals surface area contributed by atoms with Crippen molar-refractivity contribution in [2.75, 3.05) is 26.2 Å². The van der Waals surface area contributed by atoms with Gasteiger partial charge in [-0.2, -0.15) is 0 Å². The van der Waals surface area contributed by atoms with Crippen LogP contribution in [0.15, 0.2) is 0 Å². The third-order valence-electron chi connectivity index (χ3n) is 3.51. The lowest BCUT2D eigenvalue weighted by Crippen LogP contribution is -2.38. The molecule has 0 bridgehead atoms. The van der Waals surface area contributed by atoms with Gasteiger partial charge in [0.05, 0.1) is 6.10 Å². The van der Waals surface area contributed by atoms with Crippen molar-refractivity contribution >= 4 is 0 Å². The van der Waals surface area contributed by atoms with Gasteiger partial charge in [0.2, 0.25) is 0 Å². The summed E-state index contributed by atoms with van der Waals surface area (Å²) in [6.45, 7) is 4.61. The molecule has 0 aliphatic carbocycles. The van der Waals surface area contributed by atoms with E-state index >= 15 is 0 Å². The van der Waals surface area contributed by atoms with E-state index in [1.54, 1.807) is 0 Å². The van der Waals surface area contributed by atoms with Gasteiger partial charge in [-0.1, -0.05) is 0 Å². The summed E-state index contributed by atoms with van der Waals surface area (Å²) in [7, 11) is 0. The molecule has 0 aromatic rings. The van der Waals surface area contributed by atoms with Crippen LogP contribution in [0.4, 0.5) is 0 Å². The first kappa shape index (κ1) is 10.4. The van der Waals surface area contributed by atoms with Crippen molar-refractivity contribution in [3.63, 3.8) is 0 Å². The number of rotatable bonds is 3. The average Bonchev–Trinajstić information content (AvgIpc) is 2.70. The number of aliphatic hydroxyl groups excluding tert-OH is 1. The van der Waals surface area contributed by atoms with E-state index in [9.17, 15) is 5.11 Å². The lowest BCUT2D eigenvalue weighted by atomic mass is 10.1. The Morgan fingerprint density at radius 1 is 1.21 bits per heavy atom. The van der Waals surface area contributed by atoms with Crippen LogP contribution in [-0.4, -0.2) is 48.3 Å². The normalized spacial score (nSPS) is 31.1. The number of likely N-dealkylation sites (tertiary alicyclic amines) is 1. The van der Waals surface area contributed by atoms with E-state index in [2.05, 4.69) is 10.2 Å². The number of hydrogen-bond acceptors (Lipinski definition) is 3. The lowest BCUT2D eigenvalue weighted by Gasteiger charge is -2.30. The highest BCUT2D eigenvalue weighted by Gasteiger charge is 2.19. The van der Waals surface area contributed by atoms with Gasteiger partial charge >= 0.3 is 0 Å². The van der Waals surface area contributed by atoms with E-state index < -0.39 is 0 Å². The molecular formula is C11H22N2O. The molecule has 2 aliphatic heterocycles. The Kier molecular flexibility index (Phi) is 3.79. The number of hydrogen-bond donors (Lipinski definition) is 2. The highest BCUT2D eigenvalue weighted by Crippen LogP contribution is 2.13. The van der Waals surface area contributed by atoms with Crippen LogP contribution in [0.25, 0.3) is 0 Å². The van der Waals surface area contributed by atoms with Crippen LogP contribution in [0.1, 0.15) is 32.1 Å². The van der Waals surface area contributed by atoms with Gasteiger partial charge in [0.25, 0.3) is 0 Å². The van der Waals surface area contributed by atoms with Crippen LogP contribution in [0, 0.1) is 0 Å². The van der Waals surface area contributed by atoms with E-state index in [0.717, 1.165) is 32.0 Å². The molecule has 1 unspecified atom stereocenters. The smallest absolute Gasteiger partial charge is 0.0564 e. The van der Waals surface area contributed by atoms with E-state index in [0.29, 0.717) is 0 Å². The van der Waals surface area contributed by atoms with Crippen LogP contribution in [0.2, 0.25) is 0 Å². The molecule has 2 aliphatic rings. The molecule has 2 heterocycles. The van der Waals surface area contributed by atoms with Crippen LogP contribution >= 0.6 is 0 Å². The fourth-order valence-corrected chi connectivity index (χ4v) is 2.48. The molecule has 1 atom stereocenters. The highest BCUT2D eigenvalue weighted by molar-refractivity contribution is 4.77. The second-order valence-electron chi connectivity index (χ2n) is 4.65. The van der Waals surface area contributed by atoms with Crippen molar-refractivity contribution in [2.24, 2.45) is 0 Å². The third kappa shape index (κ3) is 2.94. The summed E-state index contributed by atoms with van der Waals surface area (Å²) in [5.74, 6) is 0.